The van der Waals surface area contributed by atoms with Crippen molar-refractivity contribution in [3.63, 3.8) is 0 Å². The molecule has 8 heteroatoms. The first-order chi connectivity index (χ1) is 9.77. The summed E-state index contributed by atoms with van der Waals surface area (Å²) in [6.07, 6.45) is -2.32. The van der Waals surface area contributed by atoms with Crippen molar-refractivity contribution in [3.8, 4) is 5.88 Å². The van der Waals surface area contributed by atoms with Gasteiger partial charge in [-0.2, -0.15) is 13.2 Å². The number of nitrogens with one attached hydrogen (secondary N) is 1. The highest BCUT2D eigenvalue weighted by Crippen LogP contribution is 2.30. The Bertz CT molecular complexity index is 516. The molecule has 1 aromatic rings. The Balaban J connectivity index is 1.91. The number of carbonyl (C=O) groups is 1. The zero-order chi connectivity index (χ0) is 15.5. The molecule has 0 aliphatic heterocycles. The summed E-state index contributed by atoms with van der Waals surface area (Å²) < 4.78 is 40.6. The summed E-state index contributed by atoms with van der Waals surface area (Å²) in [6, 6.07) is 3.98. The van der Waals surface area contributed by atoms with Gasteiger partial charge in [0.15, 0.2) is 6.61 Å². The number of ether oxygens (including phenoxy) is 1. The highest BCUT2D eigenvalue weighted by Gasteiger charge is 2.34. The molecule has 0 spiro atoms. The van der Waals surface area contributed by atoms with Crippen LogP contribution in [0.4, 0.5) is 13.2 Å². The van der Waals surface area contributed by atoms with Gasteiger partial charge < -0.3 is 15.2 Å². The molecule has 116 valence electrons. The number of aliphatic hydroxyl groups is 1. The average Bonchev–Trinajstić information content (AvgIpc) is 2.40. The average molecular weight is 304 g/mol. The van der Waals surface area contributed by atoms with Gasteiger partial charge in [0.05, 0.1) is 5.60 Å². The van der Waals surface area contributed by atoms with Crippen LogP contribution in [0.25, 0.3) is 0 Å². The summed E-state index contributed by atoms with van der Waals surface area (Å²) in [4.78, 5) is 15.5. The Morgan fingerprint density at radius 3 is 2.71 bits per heavy atom. The molecule has 2 N–H and O–H groups in total. The molecule has 1 fully saturated rings. The quantitative estimate of drug-likeness (QED) is 0.868. The molecule has 5 nitrogen and oxygen atoms in total. The lowest BCUT2D eigenvalue weighted by Crippen LogP contribution is -2.47. The van der Waals surface area contributed by atoms with Gasteiger partial charge in [-0.25, -0.2) is 4.98 Å². The highest BCUT2D eigenvalue weighted by atomic mass is 19.4. The summed E-state index contributed by atoms with van der Waals surface area (Å²) in [5, 5.41) is 12.4. The van der Waals surface area contributed by atoms with Gasteiger partial charge >= 0.3 is 6.18 Å². The van der Waals surface area contributed by atoms with Crippen LogP contribution in [0.15, 0.2) is 18.2 Å². The third-order valence-electron chi connectivity index (χ3n) is 3.20. The number of hydrogen-bond donors (Lipinski definition) is 2. The number of amides is 1. The zero-order valence-electron chi connectivity index (χ0n) is 11.1. The van der Waals surface area contributed by atoms with Crippen LogP contribution < -0.4 is 10.1 Å². The number of rotatable bonds is 5. The molecule has 1 aliphatic carbocycles. The molecule has 1 heterocycles. The summed E-state index contributed by atoms with van der Waals surface area (Å²) in [7, 11) is 0. The molecule has 1 amide bonds. The Morgan fingerprint density at radius 1 is 1.43 bits per heavy atom. The number of halogens is 3. The molecule has 21 heavy (non-hydrogen) atoms. The van der Waals surface area contributed by atoms with E-state index in [0.29, 0.717) is 12.8 Å². The zero-order valence-corrected chi connectivity index (χ0v) is 11.1. The normalized spacial score (nSPS) is 17.0. The van der Waals surface area contributed by atoms with Crippen molar-refractivity contribution in [2.45, 2.75) is 31.0 Å². The van der Waals surface area contributed by atoms with E-state index in [4.69, 9.17) is 0 Å². The molecule has 2 rings (SSSR count). The maximum atomic E-state index is 12.0. The first kappa shape index (κ1) is 15.6. The molecular weight excluding hydrogens is 289 g/mol. The topological polar surface area (TPSA) is 71.5 Å². The van der Waals surface area contributed by atoms with E-state index in [9.17, 15) is 23.1 Å². The van der Waals surface area contributed by atoms with E-state index in [0.717, 1.165) is 6.42 Å². The lowest BCUT2D eigenvalue weighted by Gasteiger charge is -2.36. The molecular formula is C13H15F3N2O3. The van der Waals surface area contributed by atoms with Crippen molar-refractivity contribution in [3.05, 3.63) is 23.9 Å². The molecule has 1 aliphatic rings. The van der Waals surface area contributed by atoms with Gasteiger partial charge in [-0.05, 0) is 25.3 Å². The Hall–Kier alpha value is -1.83. The fourth-order valence-corrected chi connectivity index (χ4v) is 1.87. The number of carbonyl (C=O) groups excluding carboxylic acids is 1. The molecule has 1 aromatic heterocycles. The van der Waals surface area contributed by atoms with E-state index < -0.39 is 24.3 Å². The minimum Gasteiger partial charge on any atom is -0.468 e. The molecule has 0 aromatic carbocycles. The standard InChI is InChI=1S/C13H15F3N2O3/c14-13(15,16)8-21-10-4-1-3-9(18-10)11(19)17-7-12(20)5-2-6-12/h1,3-4,20H,2,5-8H2,(H,17,19). The number of aromatic nitrogens is 1. The van der Waals surface area contributed by atoms with Crippen molar-refractivity contribution >= 4 is 5.91 Å². The van der Waals surface area contributed by atoms with Crippen LogP contribution in [-0.4, -0.2) is 40.9 Å². The van der Waals surface area contributed by atoms with Crippen molar-refractivity contribution in [1.82, 2.24) is 10.3 Å². The molecule has 0 bridgehead atoms. The second kappa shape index (κ2) is 5.88. The van der Waals surface area contributed by atoms with Crippen molar-refractivity contribution in [1.29, 1.82) is 0 Å². The smallest absolute Gasteiger partial charge is 0.422 e. The van der Waals surface area contributed by atoms with Crippen molar-refractivity contribution in [2.24, 2.45) is 0 Å². The van der Waals surface area contributed by atoms with E-state index in [-0.39, 0.29) is 18.1 Å². The Morgan fingerprint density at radius 2 is 2.14 bits per heavy atom. The van der Waals surface area contributed by atoms with Gasteiger partial charge in [0.1, 0.15) is 5.69 Å². The summed E-state index contributed by atoms with van der Waals surface area (Å²) >= 11 is 0. The van der Waals surface area contributed by atoms with Gasteiger partial charge in [-0.15, -0.1) is 0 Å². The number of alkyl halides is 3. The fraction of sp³-hybridized carbons (Fsp3) is 0.538. The number of hydrogen-bond acceptors (Lipinski definition) is 4. The van der Waals surface area contributed by atoms with E-state index >= 15 is 0 Å². The summed E-state index contributed by atoms with van der Waals surface area (Å²) in [5.74, 6) is -0.838. The molecule has 0 atom stereocenters. The molecule has 0 radical (unpaired) electrons. The SMILES string of the molecule is O=C(NCC1(O)CCC1)c1cccc(OCC(F)(F)F)n1. The molecule has 1 saturated carbocycles. The van der Waals surface area contributed by atoms with Crippen molar-refractivity contribution in [2.75, 3.05) is 13.2 Å². The Kier molecular flexibility index (Phi) is 4.36. The maximum Gasteiger partial charge on any atom is 0.422 e. The van der Waals surface area contributed by atoms with Crippen LogP contribution in [0, 0.1) is 0 Å². The van der Waals surface area contributed by atoms with Crippen LogP contribution >= 0.6 is 0 Å². The predicted octanol–water partition coefficient (Wildman–Crippen LogP) is 1.67. The van der Waals surface area contributed by atoms with E-state index in [1.165, 1.54) is 18.2 Å². The highest BCUT2D eigenvalue weighted by molar-refractivity contribution is 5.92. The second-order valence-electron chi connectivity index (χ2n) is 5.03. The minimum absolute atomic E-state index is 0.0578. The van der Waals surface area contributed by atoms with E-state index in [1.54, 1.807) is 0 Å². The van der Waals surface area contributed by atoms with Gasteiger partial charge in [0.25, 0.3) is 5.91 Å². The largest absolute Gasteiger partial charge is 0.468 e. The fourth-order valence-electron chi connectivity index (χ4n) is 1.87. The van der Waals surface area contributed by atoms with Crippen LogP contribution in [-0.2, 0) is 0 Å². The monoisotopic (exact) mass is 304 g/mol. The van der Waals surface area contributed by atoms with Crippen LogP contribution in [0.5, 0.6) is 5.88 Å². The van der Waals surface area contributed by atoms with Gasteiger partial charge in [-0.1, -0.05) is 6.07 Å². The number of nitrogens with zero attached hydrogens (tertiary/aromatic N) is 1. The predicted molar refractivity (Wildman–Crippen MR) is 66.9 cm³/mol. The molecule has 0 saturated heterocycles. The van der Waals surface area contributed by atoms with Crippen molar-refractivity contribution < 1.29 is 27.8 Å². The third kappa shape index (κ3) is 4.59. The summed E-state index contributed by atoms with van der Waals surface area (Å²) in [6.45, 7) is -1.37. The van der Waals surface area contributed by atoms with E-state index in [2.05, 4.69) is 15.0 Å². The maximum absolute atomic E-state index is 12.0. The first-order valence-electron chi connectivity index (χ1n) is 6.45. The van der Waals surface area contributed by atoms with Crippen LogP contribution in [0.1, 0.15) is 29.8 Å². The van der Waals surface area contributed by atoms with Crippen LogP contribution in [0.2, 0.25) is 0 Å². The van der Waals surface area contributed by atoms with Gasteiger partial charge in [0, 0.05) is 12.6 Å². The number of pyridine rings is 1. The lowest BCUT2D eigenvalue weighted by molar-refractivity contribution is -0.154. The minimum atomic E-state index is -4.46. The Labute approximate surface area is 119 Å². The lowest BCUT2D eigenvalue weighted by atomic mass is 9.80. The van der Waals surface area contributed by atoms with Gasteiger partial charge in [-0.3, -0.25) is 4.79 Å². The molecule has 0 unspecified atom stereocenters. The second-order valence-corrected chi connectivity index (χ2v) is 5.03. The van der Waals surface area contributed by atoms with Gasteiger partial charge in [0.2, 0.25) is 5.88 Å². The first-order valence-corrected chi connectivity index (χ1v) is 6.45. The third-order valence-corrected chi connectivity index (χ3v) is 3.20. The van der Waals surface area contributed by atoms with E-state index in [1.807, 2.05) is 0 Å². The summed E-state index contributed by atoms with van der Waals surface area (Å²) in [5.41, 5.74) is -0.933. The van der Waals surface area contributed by atoms with Crippen LogP contribution in [0.3, 0.4) is 0 Å².